The standard InChI is InChI=1S/C21H18FN5O/c22-19-8-6-14-3-1-5-16(14)17(19)7-9-20-23-11-18(21-25-24-13-27(20)21)15-4-2-10-26(28)12-15/h2,4,6,8,10-13H,1,3,5,7,9H2. The van der Waals surface area contributed by atoms with E-state index in [9.17, 15) is 9.60 Å². The van der Waals surface area contributed by atoms with E-state index in [1.165, 1.54) is 23.5 Å². The number of nitrogens with zero attached hydrogens (tertiary/aromatic N) is 5. The molecule has 4 aromatic rings. The number of aromatic nitrogens is 5. The highest BCUT2D eigenvalue weighted by atomic mass is 19.1. The van der Waals surface area contributed by atoms with Crippen LogP contribution in [0.2, 0.25) is 0 Å². The average molecular weight is 375 g/mol. The summed E-state index contributed by atoms with van der Waals surface area (Å²) in [5.41, 5.74) is 5.33. The fourth-order valence-electron chi connectivity index (χ4n) is 4.09. The van der Waals surface area contributed by atoms with Gasteiger partial charge in [-0.05, 0) is 54.5 Å². The van der Waals surface area contributed by atoms with Crippen LogP contribution in [0.25, 0.3) is 16.8 Å². The molecular formula is C21H18FN5O. The Hall–Kier alpha value is -3.35. The summed E-state index contributed by atoms with van der Waals surface area (Å²) in [6.07, 6.45) is 10.5. The minimum atomic E-state index is -0.137. The molecule has 1 aliphatic rings. The van der Waals surface area contributed by atoms with Crippen molar-refractivity contribution in [2.24, 2.45) is 0 Å². The Kier molecular flexibility index (Phi) is 4.00. The second kappa shape index (κ2) is 6.67. The topological polar surface area (TPSA) is 70.0 Å². The molecule has 0 radical (unpaired) electrons. The zero-order valence-corrected chi connectivity index (χ0v) is 15.2. The molecule has 0 unspecified atom stereocenters. The Bertz CT molecular complexity index is 1190. The third-order valence-corrected chi connectivity index (χ3v) is 5.44. The lowest BCUT2D eigenvalue weighted by Gasteiger charge is -2.11. The van der Waals surface area contributed by atoms with E-state index in [4.69, 9.17) is 0 Å². The van der Waals surface area contributed by atoms with Gasteiger partial charge in [0.1, 0.15) is 18.0 Å². The van der Waals surface area contributed by atoms with Crippen LogP contribution in [0.4, 0.5) is 4.39 Å². The number of fused-ring (bicyclic) bond motifs is 2. The van der Waals surface area contributed by atoms with Crippen molar-refractivity contribution in [3.8, 4) is 11.1 Å². The number of pyridine rings is 1. The molecule has 0 fully saturated rings. The van der Waals surface area contributed by atoms with Crippen molar-refractivity contribution in [2.75, 3.05) is 0 Å². The summed E-state index contributed by atoms with van der Waals surface area (Å²) in [5.74, 6) is 0.631. The third kappa shape index (κ3) is 2.79. The van der Waals surface area contributed by atoms with Crippen LogP contribution in [-0.2, 0) is 25.7 Å². The lowest BCUT2D eigenvalue weighted by molar-refractivity contribution is -0.604. The number of aryl methyl sites for hydroxylation is 2. The fraction of sp³-hybridized carbons (Fsp3) is 0.238. The number of hydrogen-bond acceptors (Lipinski definition) is 4. The zero-order valence-electron chi connectivity index (χ0n) is 15.2. The summed E-state index contributed by atoms with van der Waals surface area (Å²) >= 11 is 0. The van der Waals surface area contributed by atoms with Crippen molar-refractivity contribution >= 4 is 5.65 Å². The van der Waals surface area contributed by atoms with Gasteiger partial charge >= 0.3 is 0 Å². The molecule has 5 rings (SSSR count). The molecule has 1 aliphatic carbocycles. The van der Waals surface area contributed by atoms with E-state index in [2.05, 4.69) is 15.2 Å². The molecule has 0 spiro atoms. The molecule has 0 atom stereocenters. The van der Waals surface area contributed by atoms with E-state index in [0.717, 1.165) is 46.5 Å². The highest BCUT2D eigenvalue weighted by Crippen LogP contribution is 2.28. The van der Waals surface area contributed by atoms with E-state index in [-0.39, 0.29) is 5.82 Å². The monoisotopic (exact) mass is 375 g/mol. The number of halogens is 1. The molecule has 140 valence electrons. The summed E-state index contributed by atoms with van der Waals surface area (Å²) in [7, 11) is 0. The molecule has 6 nitrogen and oxygen atoms in total. The van der Waals surface area contributed by atoms with Gasteiger partial charge in [0, 0.05) is 18.7 Å². The number of hydrogen-bond donors (Lipinski definition) is 0. The van der Waals surface area contributed by atoms with Gasteiger partial charge in [-0.3, -0.25) is 4.40 Å². The highest BCUT2D eigenvalue weighted by Gasteiger charge is 2.19. The van der Waals surface area contributed by atoms with Gasteiger partial charge in [-0.2, -0.15) is 4.73 Å². The van der Waals surface area contributed by atoms with E-state index in [0.29, 0.717) is 18.5 Å². The fourth-order valence-corrected chi connectivity index (χ4v) is 4.09. The molecular weight excluding hydrogens is 357 g/mol. The van der Waals surface area contributed by atoms with Crippen molar-refractivity contribution < 1.29 is 9.12 Å². The van der Waals surface area contributed by atoms with Crippen LogP contribution in [0.1, 0.15) is 28.9 Å². The van der Waals surface area contributed by atoms with Gasteiger partial charge in [0.05, 0.1) is 11.1 Å². The summed E-state index contributed by atoms with van der Waals surface area (Å²) in [6.45, 7) is 0. The van der Waals surface area contributed by atoms with Crippen LogP contribution in [0, 0.1) is 11.0 Å². The summed E-state index contributed by atoms with van der Waals surface area (Å²) in [6, 6.07) is 7.01. The Morgan fingerprint density at radius 1 is 1.18 bits per heavy atom. The largest absolute Gasteiger partial charge is 0.619 e. The van der Waals surface area contributed by atoms with E-state index >= 15 is 0 Å². The molecule has 0 bridgehead atoms. The van der Waals surface area contributed by atoms with Crippen LogP contribution in [-0.4, -0.2) is 19.6 Å². The maximum atomic E-state index is 14.4. The number of benzene rings is 1. The maximum absolute atomic E-state index is 14.4. The molecule has 7 heteroatoms. The first-order valence-electron chi connectivity index (χ1n) is 9.36. The van der Waals surface area contributed by atoms with E-state index in [1.807, 2.05) is 16.5 Å². The molecule has 0 aliphatic heterocycles. The maximum Gasteiger partial charge on any atom is 0.188 e. The first-order valence-corrected chi connectivity index (χ1v) is 9.36. The van der Waals surface area contributed by atoms with Gasteiger partial charge in [0.15, 0.2) is 18.0 Å². The molecule has 1 aromatic carbocycles. The molecule has 28 heavy (non-hydrogen) atoms. The van der Waals surface area contributed by atoms with Crippen molar-refractivity contribution in [3.63, 3.8) is 0 Å². The first-order chi connectivity index (χ1) is 13.7. The Morgan fingerprint density at radius 3 is 3.00 bits per heavy atom. The Balaban J connectivity index is 1.50. The first kappa shape index (κ1) is 16.8. The summed E-state index contributed by atoms with van der Waals surface area (Å²) in [5, 5.41) is 19.8. The molecule has 3 heterocycles. The highest BCUT2D eigenvalue weighted by molar-refractivity contribution is 5.75. The van der Waals surface area contributed by atoms with E-state index in [1.54, 1.807) is 24.7 Å². The lowest BCUT2D eigenvalue weighted by atomic mass is 9.98. The van der Waals surface area contributed by atoms with Gasteiger partial charge in [0.2, 0.25) is 0 Å². The summed E-state index contributed by atoms with van der Waals surface area (Å²) < 4.78 is 17.0. The predicted molar refractivity (Wildman–Crippen MR) is 101 cm³/mol. The van der Waals surface area contributed by atoms with Crippen LogP contribution in [0.15, 0.2) is 49.2 Å². The van der Waals surface area contributed by atoms with Gasteiger partial charge in [0.25, 0.3) is 0 Å². The van der Waals surface area contributed by atoms with Gasteiger partial charge < -0.3 is 5.21 Å². The van der Waals surface area contributed by atoms with Crippen LogP contribution in [0.3, 0.4) is 0 Å². The smallest absolute Gasteiger partial charge is 0.188 e. The quantitative estimate of drug-likeness (QED) is 0.406. The van der Waals surface area contributed by atoms with E-state index < -0.39 is 0 Å². The van der Waals surface area contributed by atoms with Gasteiger partial charge in [-0.15, -0.1) is 10.2 Å². The van der Waals surface area contributed by atoms with Crippen molar-refractivity contribution in [2.45, 2.75) is 32.1 Å². The molecule has 0 saturated carbocycles. The minimum Gasteiger partial charge on any atom is -0.619 e. The predicted octanol–water partition coefficient (Wildman–Crippen LogP) is 2.84. The van der Waals surface area contributed by atoms with Crippen molar-refractivity contribution in [1.82, 2.24) is 19.6 Å². The Labute approximate surface area is 160 Å². The SMILES string of the molecule is [O-][n+]1cccc(-c2cnc(CCc3c(F)ccc4c3CCC4)n3cnnc23)c1. The second-order valence-electron chi connectivity index (χ2n) is 7.08. The van der Waals surface area contributed by atoms with Crippen molar-refractivity contribution in [1.29, 1.82) is 0 Å². The third-order valence-electron chi connectivity index (χ3n) is 5.44. The zero-order chi connectivity index (χ0) is 19.1. The van der Waals surface area contributed by atoms with Crippen molar-refractivity contribution in [3.05, 3.63) is 82.7 Å². The second-order valence-corrected chi connectivity index (χ2v) is 7.08. The average Bonchev–Trinajstić information content (AvgIpc) is 3.36. The normalized spacial score (nSPS) is 13.2. The van der Waals surface area contributed by atoms with Crippen LogP contribution < -0.4 is 4.73 Å². The Morgan fingerprint density at radius 2 is 2.11 bits per heavy atom. The molecule has 0 amide bonds. The lowest BCUT2D eigenvalue weighted by Crippen LogP contribution is -2.24. The molecule has 3 aromatic heterocycles. The van der Waals surface area contributed by atoms with Gasteiger partial charge in [-0.25, -0.2) is 9.37 Å². The minimum absolute atomic E-state index is 0.137. The van der Waals surface area contributed by atoms with Crippen LogP contribution in [0.5, 0.6) is 0 Å². The number of rotatable bonds is 4. The summed E-state index contributed by atoms with van der Waals surface area (Å²) in [4.78, 5) is 4.57. The molecule has 0 N–H and O–H groups in total. The molecule has 0 saturated heterocycles. The van der Waals surface area contributed by atoms with Gasteiger partial charge in [-0.1, -0.05) is 6.07 Å². The van der Waals surface area contributed by atoms with Crippen LogP contribution >= 0.6 is 0 Å².